The lowest BCUT2D eigenvalue weighted by molar-refractivity contribution is -0.144. The highest BCUT2D eigenvalue weighted by atomic mass is 19.2. The number of likely N-dealkylation sites (N-methyl/N-ethyl adjacent to an activating group) is 1. The summed E-state index contributed by atoms with van der Waals surface area (Å²) in [6.45, 7) is 5.06. The van der Waals surface area contributed by atoms with Crippen LogP contribution in [0, 0.1) is 11.6 Å². The Morgan fingerprint density at radius 2 is 1.84 bits per heavy atom. The summed E-state index contributed by atoms with van der Waals surface area (Å²) in [5.74, 6) is -2.21. The number of carbonyl (C=O) groups is 2. The van der Waals surface area contributed by atoms with Crippen molar-refractivity contribution in [1.29, 1.82) is 0 Å². The Hall–Kier alpha value is -2.22. The van der Waals surface area contributed by atoms with Gasteiger partial charge in [-0.2, -0.15) is 0 Å². The van der Waals surface area contributed by atoms with Gasteiger partial charge in [0.15, 0.2) is 11.6 Å². The largest absolute Gasteiger partial charge is 0.388 e. The molecule has 0 saturated carbocycles. The second-order valence-electron chi connectivity index (χ2n) is 10.7. The van der Waals surface area contributed by atoms with Crippen molar-refractivity contribution in [3.63, 3.8) is 0 Å². The summed E-state index contributed by atoms with van der Waals surface area (Å²) < 4.78 is 39.4. The predicted molar refractivity (Wildman–Crippen MR) is 131 cm³/mol. The lowest BCUT2D eigenvalue weighted by atomic mass is 10.0. The number of likely N-dealkylation sites (tertiary alicyclic amines) is 1. The lowest BCUT2D eigenvalue weighted by Gasteiger charge is -2.38. The molecule has 0 radical (unpaired) electrons. The molecule has 4 fully saturated rings. The number of ether oxygens (including phenoxy) is 2. The van der Waals surface area contributed by atoms with Crippen molar-refractivity contribution >= 4 is 11.8 Å². The minimum absolute atomic E-state index is 0.00500. The van der Waals surface area contributed by atoms with Crippen molar-refractivity contribution < 1.29 is 38.1 Å². The van der Waals surface area contributed by atoms with Gasteiger partial charge in [-0.15, -0.1) is 0 Å². The SMILES string of the molecule is CCN1C[C@@H]2C[C@H]1C(=O)N1CCO[C@H](CN(Cc3ccc(F)c(F)c3)C[C@H]3O[C@@H](CC(=O)N2)[C@H](O)[C@@H]3O)C1. The first-order chi connectivity index (χ1) is 18.2. The Bertz CT molecular complexity index is 1030. The molecular formula is C26H36F2N4O6. The zero-order valence-electron chi connectivity index (χ0n) is 21.5. The molecule has 4 aliphatic heterocycles. The van der Waals surface area contributed by atoms with E-state index >= 15 is 0 Å². The standard InChI is InChI=1S/C26H36F2N4O6/c1-2-31-11-16-8-20(31)26(36)32-5-6-37-17(13-32)12-30(10-15-3-4-18(27)19(28)7-15)14-22-25(35)24(34)21(38-22)9-23(33)29-16/h3-4,7,16-17,20-22,24-25,34-35H,2,5-6,8-14H2,1H3,(H,29,33)/t16-,17+,20-,21-,22+,24-,25+/m0/s1. The molecule has 38 heavy (non-hydrogen) atoms. The first kappa shape index (κ1) is 27.4. The molecule has 12 heteroatoms. The summed E-state index contributed by atoms with van der Waals surface area (Å²) >= 11 is 0. The molecular weight excluding hydrogens is 502 g/mol. The maximum atomic E-state index is 13.9. The summed E-state index contributed by atoms with van der Waals surface area (Å²) in [5, 5.41) is 24.4. The first-order valence-corrected chi connectivity index (χ1v) is 13.3. The topological polar surface area (TPSA) is 115 Å². The number of hydrogen-bond acceptors (Lipinski definition) is 8. The van der Waals surface area contributed by atoms with Gasteiger partial charge in [-0.1, -0.05) is 13.0 Å². The average molecular weight is 539 g/mol. The number of nitrogens with one attached hydrogen (secondary N) is 1. The van der Waals surface area contributed by atoms with E-state index in [0.29, 0.717) is 51.3 Å². The van der Waals surface area contributed by atoms with Crippen LogP contribution in [-0.2, 0) is 25.6 Å². The third kappa shape index (κ3) is 5.85. The monoisotopic (exact) mass is 538 g/mol. The molecule has 1 aromatic rings. The molecule has 0 unspecified atom stereocenters. The van der Waals surface area contributed by atoms with Crippen LogP contribution < -0.4 is 5.32 Å². The molecule has 5 rings (SSSR count). The number of aliphatic hydroxyl groups is 2. The van der Waals surface area contributed by atoms with E-state index in [9.17, 15) is 28.6 Å². The molecule has 6 bridgehead atoms. The quantitative estimate of drug-likeness (QED) is 0.471. The maximum absolute atomic E-state index is 13.9. The van der Waals surface area contributed by atoms with Gasteiger partial charge >= 0.3 is 0 Å². The zero-order valence-corrected chi connectivity index (χ0v) is 21.5. The van der Waals surface area contributed by atoms with Gasteiger partial charge in [0, 0.05) is 45.3 Å². The van der Waals surface area contributed by atoms with E-state index in [-0.39, 0.29) is 49.5 Å². The molecule has 7 atom stereocenters. The van der Waals surface area contributed by atoms with Crippen molar-refractivity contribution in [2.75, 3.05) is 45.9 Å². The normalized spacial score (nSPS) is 35.5. The average Bonchev–Trinajstić information content (AvgIpc) is 3.41. The van der Waals surface area contributed by atoms with E-state index in [0.717, 1.165) is 12.1 Å². The van der Waals surface area contributed by atoms with Gasteiger partial charge in [0.2, 0.25) is 11.8 Å². The van der Waals surface area contributed by atoms with Crippen LogP contribution in [0.15, 0.2) is 18.2 Å². The van der Waals surface area contributed by atoms with Gasteiger partial charge < -0.3 is 29.9 Å². The van der Waals surface area contributed by atoms with Crippen LogP contribution in [0.25, 0.3) is 0 Å². The lowest BCUT2D eigenvalue weighted by Crippen LogP contribution is -2.54. The number of carbonyl (C=O) groups excluding carboxylic acids is 2. The summed E-state index contributed by atoms with van der Waals surface area (Å²) in [6.07, 6.45) is -4.17. The molecule has 4 aliphatic rings. The number of benzene rings is 1. The number of morpholine rings is 1. The molecule has 210 valence electrons. The third-order valence-corrected chi connectivity index (χ3v) is 8.05. The molecule has 3 N–H and O–H groups in total. The minimum atomic E-state index is -1.25. The van der Waals surface area contributed by atoms with Gasteiger partial charge in [-0.25, -0.2) is 8.78 Å². The van der Waals surface area contributed by atoms with E-state index in [1.54, 1.807) is 4.90 Å². The van der Waals surface area contributed by atoms with E-state index in [2.05, 4.69) is 10.2 Å². The van der Waals surface area contributed by atoms with Crippen molar-refractivity contribution in [2.24, 2.45) is 0 Å². The van der Waals surface area contributed by atoms with Gasteiger partial charge in [0.1, 0.15) is 12.2 Å². The van der Waals surface area contributed by atoms with Crippen LogP contribution in [0.1, 0.15) is 25.3 Å². The maximum Gasteiger partial charge on any atom is 0.240 e. The second-order valence-corrected chi connectivity index (χ2v) is 10.7. The summed E-state index contributed by atoms with van der Waals surface area (Å²) in [4.78, 5) is 32.1. The number of rotatable bonds is 3. The van der Waals surface area contributed by atoms with Crippen LogP contribution >= 0.6 is 0 Å². The summed E-state index contributed by atoms with van der Waals surface area (Å²) in [6, 6.07) is 3.11. The molecule has 10 nitrogen and oxygen atoms in total. The highest BCUT2D eigenvalue weighted by Gasteiger charge is 2.45. The van der Waals surface area contributed by atoms with Crippen LogP contribution in [0.3, 0.4) is 0 Å². The highest BCUT2D eigenvalue weighted by Crippen LogP contribution is 2.27. The van der Waals surface area contributed by atoms with E-state index in [1.807, 2.05) is 11.8 Å². The molecule has 0 spiro atoms. The van der Waals surface area contributed by atoms with Crippen LogP contribution in [0.4, 0.5) is 8.78 Å². The Balaban J connectivity index is 1.41. The third-order valence-electron chi connectivity index (χ3n) is 8.05. The van der Waals surface area contributed by atoms with E-state index in [1.165, 1.54) is 6.07 Å². The Morgan fingerprint density at radius 3 is 2.61 bits per heavy atom. The van der Waals surface area contributed by atoms with Crippen molar-refractivity contribution in [2.45, 2.75) is 68.9 Å². The molecule has 0 aliphatic carbocycles. The highest BCUT2D eigenvalue weighted by molar-refractivity contribution is 5.83. The van der Waals surface area contributed by atoms with Crippen LogP contribution in [-0.4, -0.2) is 125 Å². The number of nitrogens with zero attached hydrogens (tertiary/aromatic N) is 3. The second kappa shape index (κ2) is 11.5. The van der Waals surface area contributed by atoms with Gasteiger partial charge in [0.25, 0.3) is 0 Å². The zero-order chi connectivity index (χ0) is 27.0. The number of amides is 2. The van der Waals surface area contributed by atoms with E-state index < -0.39 is 36.1 Å². The van der Waals surface area contributed by atoms with Crippen molar-refractivity contribution in [1.82, 2.24) is 20.0 Å². The Kier molecular flexibility index (Phi) is 8.27. The Morgan fingerprint density at radius 1 is 1.05 bits per heavy atom. The number of hydrogen-bond donors (Lipinski definition) is 3. The van der Waals surface area contributed by atoms with Crippen molar-refractivity contribution in [3.05, 3.63) is 35.4 Å². The molecule has 0 aromatic heterocycles. The fourth-order valence-electron chi connectivity index (χ4n) is 6.11. The molecule has 4 heterocycles. The minimum Gasteiger partial charge on any atom is -0.388 e. The van der Waals surface area contributed by atoms with Gasteiger partial charge in [-0.05, 0) is 30.7 Å². The fourth-order valence-corrected chi connectivity index (χ4v) is 6.11. The van der Waals surface area contributed by atoms with E-state index in [4.69, 9.17) is 9.47 Å². The van der Waals surface area contributed by atoms with Gasteiger partial charge in [0.05, 0.1) is 37.4 Å². The molecule has 1 aromatic carbocycles. The number of aliphatic hydroxyl groups excluding tert-OH is 2. The molecule has 4 saturated heterocycles. The predicted octanol–water partition coefficient (Wildman–Crippen LogP) is -0.534. The Labute approximate surface area is 220 Å². The fraction of sp³-hybridized carbons (Fsp3) is 0.692. The number of halogens is 2. The summed E-state index contributed by atoms with van der Waals surface area (Å²) in [7, 11) is 0. The smallest absolute Gasteiger partial charge is 0.240 e. The van der Waals surface area contributed by atoms with Crippen LogP contribution in [0.2, 0.25) is 0 Å². The van der Waals surface area contributed by atoms with Crippen LogP contribution in [0.5, 0.6) is 0 Å². The first-order valence-electron chi connectivity index (χ1n) is 13.3. The van der Waals surface area contributed by atoms with Crippen molar-refractivity contribution in [3.8, 4) is 0 Å². The summed E-state index contributed by atoms with van der Waals surface area (Å²) in [5.41, 5.74) is 0.515. The molecule has 2 amide bonds. The van der Waals surface area contributed by atoms with Gasteiger partial charge in [-0.3, -0.25) is 19.4 Å². The number of fused-ring (bicyclic) bond motifs is 6.